The van der Waals surface area contributed by atoms with Gasteiger partial charge in [0.15, 0.2) is 0 Å². The van der Waals surface area contributed by atoms with E-state index in [0.717, 1.165) is 17.5 Å². The van der Waals surface area contributed by atoms with Gasteiger partial charge in [0.05, 0.1) is 17.6 Å². The van der Waals surface area contributed by atoms with Crippen molar-refractivity contribution in [1.82, 2.24) is 9.13 Å². The van der Waals surface area contributed by atoms with Gasteiger partial charge in [-0.1, -0.05) is 19.1 Å². The van der Waals surface area contributed by atoms with Gasteiger partial charge in [0.25, 0.3) is 0 Å². The Morgan fingerprint density at radius 1 is 1.05 bits per heavy atom. The number of hydrogen-bond donors (Lipinski definition) is 0. The molecule has 0 aliphatic rings. The molecule has 1 aromatic carbocycles. The summed E-state index contributed by atoms with van der Waals surface area (Å²) in [6, 6.07) is 12.2. The van der Waals surface area contributed by atoms with Crippen molar-refractivity contribution in [1.29, 1.82) is 0 Å². The Morgan fingerprint density at radius 2 is 1.74 bits per heavy atom. The molecule has 0 bridgehead atoms. The molecular formula is C15H16N2OS. The van der Waals surface area contributed by atoms with Crippen LogP contribution in [0.25, 0.3) is 11.0 Å². The monoisotopic (exact) mass is 272 g/mol. The average molecular weight is 272 g/mol. The number of para-hydroxylation sites is 2. The lowest BCUT2D eigenvalue weighted by atomic mass is 10.3. The molecule has 3 aromatic rings. The van der Waals surface area contributed by atoms with Crippen LogP contribution in [0, 0.1) is 0 Å². The van der Waals surface area contributed by atoms with Crippen LogP contribution in [0.3, 0.4) is 0 Å². The number of thiophene rings is 1. The standard InChI is InChI=1S/C15H16N2OS/c1-3-11-8-9-12(19-11)10-17-14-7-5-4-6-13(14)16(2)15(17)18/h4-9H,3,10H2,1-2H3. The Morgan fingerprint density at radius 3 is 2.42 bits per heavy atom. The summed E-state index contributed by atoms with van der Waals surface area (Å²) in [5.74, 6) is 0. The van der Waals surface area contributed by atoms with E-state index in [9.17, 15) is 4.79 Å². The smallest absolute Gasteiger partial charge is 0.295 e. The number of rotatable bonds is 3. The molecule has 3 nitrogen and oxygen atoms in total. The highest BCUT2D eigenvalue weighted by Crippen LogP contribution is 2.19. The van der Waals surface area contributed by atoms with Crippen LogP contribution in [0.15, 0.2) is 41.2 Å². The van der Waals surface area contributed by atoms with E-state index < -0.39 is 0 Å². The van der Waals surface area contributed by atoms with Crippen molar-refractivity contribution in [2.24, 2.45) is 7.05 Å². The molecule has 0 aliphatic heterocycles. The Hall–Kier alpha value is -1.81. The van der Waals surface area contributed by atoms with Crippen LogP contribution in [0.5, 0.6) is 0 Å². The molecule has 0 atom stereocenters. The van der Waals surface area contributed by atoms with Gasteiger partial charge in [-0.15, -0.1) is 11.3 Å². The lowest BCUT2D eigenvalue weighted by molar-refractivity contribution is 0.743. The molecule has 0 amide bonds. The summed E-state index contributed by atoms with van der Waals surface area (Å²) in [5, 5.41) is 0. The summed E-state index contributed by atoms with van der Waals surface area (Å²) >= 11 is 1.79. The molecule has 0 aliphatic carbocycles. The Balaban J connectivity index is 2.10. The maximum absolute atomic E-state index is 12.3. The third-order valence-corrected chi connectivity index (χ3v) is 4.65. The zero-order valence-corrected chi connectivity index (χ0v) is 11.9. The third-order valence-electron chi connectivity index (χ3n) is 3.43. The van der Waals surface area contributed by atoms with Gasteiger partial charge in [-0.25, -0.2) is 4.79 Å². The fourth-order valence-electron chi connectivity index (χ4n) is 2.37. The van der Waals surface area contributed by atoms with E-state index in [1.165, 1.54) is 9.75 Å². The topological polar surface area (TPSA) is 26.9 Å². The van der Waals surface area contributed by atoms with E-state index in [0.29, 0.717) is 6.54 Å². The third kappa shape index (κ3) is 2.02. The number of imidazole rings is 1. The first kappa shape index (κ1) is 12.2. The molecule has 2 aromatic heterocycles. The number of aryl methyl sites for hydroxylation is 2. The Kier molecular flexibility index (Phi) is 3.03. The summed E-state index contributed by atoms with van der Waals surface area (Å²) in [6.07, 6.45) is 1.05. The molecule has 98 valence electrons. The molecular weight excluding hydrogens is 256 g/mol. The van der Waals surface area contributed by atoms with Crippen molar-refractivity contribution < 1.29 is 0 Å². The van der Waals surface area contributed by atoms with E-state index in [1.807, 2.05) is 35.9 Å². The molecule has 4 heteroatoms. The normalized spacial score (nSPS) is 11.3. The van der Waals surface area contributed by atoms with Crippen LogP contribution in [-0.2, 0) is 20.0 Å². The van der Waals surface area contributed by atoms with Crippen LogP contribution in [0.4, 0.5) is 0 Å². The first-order valence-electron chi connectivity index (χ1n) is 6.42. The summed E-state index contributed by atoms with van der Waals surface area (Å²) < 4.78 is 3.56. The van der Waals surface area contributed by atoms with Gasteiger partial charge >= 0.3 is 5.69 Å². The van der Waals surface area contributed by atoms with Crippen LogP contribution in [-0.4, -0.2) is 9.13 Å². The minimum atomic E-state index is 0.0487. The second-order valence-corrected chi connectivity index (χ2v) is 5.89. The fraction of sp³-hybridized carbons (Fsp3) is 0.267. The minimum Gasteiger partial charge on any atom is -0.295 e. The zero-order chi connectivity index (χ0) is 13.4. The first-order valence-corrected chi connectivity index (χ1v) is 7.24. The van der Waals surface area contributed by atoms with Crippen molar-refractivity contribution in [2.45, 2.75) is 19.9 Å². The van der Waals surface area contributed by atoms with E-state index >= 15 is 0 Å². The molecule has 0 spiro atoms. The van der Waals surface area contributed by atoms with Gasteiger partial charge in [-0.3, -0.25) is 9.13 Å². The summed E-state index contributed by atoms with van der Waals surface area (Å²) in [5.41, 5.74) is 2.04. The molecule has 3 rings (SSSR count). The zero-order valence-electron chi connectivity index (χ0n) is 11.1. The van der Waals surface area contributed by atoms with Crippen LogP contribution < -0.4 is 5.69 Å². The van der Waals surface area contributed by atoms with Crippen molar-refractivity contribution in [2.75, 3.05) is 0 Å². The molecule has 19 heavy (non-hydrogen) atoms. The highest BCUT2D eigenvalue weighted by molar-refractivity contribution is 7.11. The van der Waals surface area contributed by atoms with E-state index in [2.05, 4.69) is 19.1 Å². The molecule has 0 fully saturated rings. The minimum absolute atomic E-state index is 0.0487. The van der Waals surface area contributed by atoms with Gasteiger partial charge in [0.2, 0.25) is 0 Å². The molecule has 2 heterocycles. The summed E-state index contributed by atoms with van der Waals surface area (Å²) in [7, 11) is 1.83. The number of benzene rings is 1. The van der Waals surface area contributed by atoms with Gasteiger partial charge in [0.1, 0.15) is 0 Å². The van der Waals surface area contributed by atoms with Crippen LogP contribution in [0.2, 0.25) is 0 Å². The van der Waals surface area contributed by atoms with Gasteiger partial charge in [-0.2, -0.15) is 0 Å². The number of nitrogens with zero attached hydrogens (tertiary/aromatic N) is 2. The molecule has 0 N–H and O–H groups in total. The van der Waals surface area contributed by atoms with E-state index in [4.69, 9.17) is 0 Å². The molecule has 0 radical (unpaired) electrons. The van der Waals surface area contributed by atoms with Crippen molar-refractivity contribution >= 4 is 22.4 Å². The second kappa shape index (κ2) is 4.70. The lowest BCUT2D eigenvalue weighted by Crippen LogP contribution is -2.22. The first-order chi connectivity index (χ1) is 9.20. The Bertz CT molecular complexity index is 779. The predicted molar refractivity (Wildman–Crippen MR) is 80.0 cm³/mol. The van der Waals surface area contributed by atoms with Gasteiger partial charge in [-0.05, 0) is 30.7 Å². The van der Waals surface area contributed by atoms with Crippen molar-refractivity contribution in [3.05, 3.63) is 56.6 Å². The summed E-state index contributed by atoms with van der Waals surface area (Å²) in [6.45, 7) is 2.81. The number of hydrogen-bond acceptors (Lipinski definition) is 2. The second-order valence-electron chi connectivity index (χ2n) is 4.64. The van der Waals surface area contributed by atoms with Crippen molar-refractivity contribution in [3.8, 4) is 0 Å². The predicted octanol–water partition coefficient (Wildman–Crippen LogP) is 3.01. The molecule has 0 unspecified atom stereocenters. The maximum Gasteiger partial charge on any atom is 0.329 e. The van der Waals surface area contributed by atoms with Crippen LogP contribution in [0.1, 0.15) is 16.7 Å². The van der Waals surface area contributed by atoms with E-state index in [-0.39, 0.29) is 5.69 Å². The summed E-state index contributed by atoms with van der Waals surface area (Å²) in [4.78, 5) is 14.9. The maximum atomic E-state index is 12.3. The fourth-order valence-corrected chi connectivity index (χ4v) is 3.32. The SMILES string of the molecule is CCc1ccc(Cn2c(=O)n(C)c3ccccc32)s1. The van der Waals surface area contributed by atoms with Gasteiger partial charge < -0.3 is 0 Å². The van der Waals surface area contributed by atoms with E-state index in [1.54, 1.807) is 15.9 Å². The average Bonchev–Trinajstić information content (AvgIpc) is 2.99. The molecule has 0 saturated carbocycles. The van der Waals surface area contributed by atoms with Gasteiger partial charge in [0, 0.05) is 16.8 Å². The Labute approximate surface area is 115 Å². The lowest BCUT2D eigenvalue weighted by Gasteiger charge is -2.00. The highest BCUT2D eigenvalue weighted by atomic mass is 32.1. The largest absolute Gasteiger partial charge is 0.329 e. The highest BCUT2D eigenvalue weighted by Gasteiger charge is 2.10. The number of aromatic nitrogens is 2. The quantitative estimate of drug-likeness (QED) is 0.720. The molecule has 0 saturated heterocycles. The van der Waals surface area contributed by atoms with Crippen LogP contribution >= 0.6 is 11.3 Å². The van der Waals surface area contributed by atoms with Crippen molar-refractivity contribution in [3.63, 3.8) is 0 Å². The number of fused-ring (bicyclic) bond motifs is 1.